The maximum Gasteiger partial charge on any atom is 0.134 e. The molecule has 96 valence electrons. The highest BCUT2D eigenvalue weighted by atomic mass is 79.9. The first-order chi connectivity index (χ1) is 8.06. The van der Waals surface area contributed by atoms with Gasteiger partial charge in [-0.1, -0.05) is 32.4 Å². The number of halogens is 1. The highest BCUT2D eigenvalue weighted by molar-refractivity contribution is 9.10. The van der Waals surface area contributed by atoms with Crippen molar-refractivity contribution in [1.29, 1.82) is 0 Å². The fourth-order valence-corrected chi connectivity index (χ4v) is 1.94. The van der Waals surface area contributed by atoms with Crippen molar-refractivity contribution < 1.29 is 10.2 Å². The highest BCUT2D eigenvalue weighted by Crippen LogP contribution is 2.27. The molecule has 3 nitrogen and oxygen atoms in total. The molecule has 1 rings (SSSR count). The van der Waals surface area contributed by atoms with Crippen LogP contribution < -0.4 is 5.32 Å². The van der Waals surface area contributed by atoms with E-state index in [-0.39, 0.29) is 11.9 Å². The zero-order chi connectivity index (χ0) is 12.8. The van der Waals surface area contributed by atoms with Crippen molar-refractivity contribution in [2.24, 2.45) is 5.92 Å². The van der Waals surface area contributed by atoms with Gasteiger partial charge in [-0.15, -0.1) is 0 Å². The van der Waals surface area contributed by atoms with Gasteiger partial charge < -0.3 is 15.5 Å². The number of rotatable bonds is 6. The van der Waals surface area contributed by atoms with E-state index in [1.54, 1.807) is 6.07 Å². The Labute approximate surface area is 111 Å². The molecule has 0 fully saturated rings. The van der Waals surface area contributed by atoms with E-state index in [0.29, 0.717) is 23.5 Å². The average molecular weight is 302 g/mol. The third-order valence-electron chi connectivity index (χ3n) is 3.04. The number of aromatic hydroxyl groups is 1. The second-order valence-electron chi connectivity index (χ2n) is 4.33. The fraction of sp³-hybridized carbons (Fsp3) is 0.538. The fourth-order valence-electron chi connectivity index (χ4n) is 1.53. The van der Waals surface area contributed by atoms with Crippen LogP contribution in [0.25, 0.3) is 0 Å². The summed E-state index contributed by atoms with van der Waals surface area (Å²) in [6.45, 7) is 5.19. The van der Waals surface area contributed by atoms with E-state index >= 15 is 0 Å². The first-order valence-corrected chi connectivity index (χ1v) is 6.70. The lowest BCUT2D eigenvalue weighted by Gasteiger charge is -2.17. The Morgan fingerprint density at radius 3 is 2.76 bits per heavy atom. The van der Waals surface area contributed by atoms with Gasteiger partial charge in [0.15, 0.2) is 0 Å². The van der Waals surface area contributed by atoms with Crippen molar-refractivity contribution in [3.63, 3.8) is 0 Å². The van der Waals surface area contributed by atoms with Crippen LogP contribution in [0.2, 0.25) is 0 Å². The summed E-state index contributed by atoms with van der Waals surface area (Å²) in [7, 11) is 0. The molecule has 1 aromatic rings. The van der Waals surface area contributed by atoms with Crippen LogP contribution >= 0.6 is 15.9 Å². The summed E-state index contributed by atoms with van der Waals surface area (Å²) in [5.41, 5.74) is 0.829. The molecule has 4 heteroatoms. The zero-order valence-corrected chi connectivity index (χ0v) is 11.9. The molecule has 3 N–H and O–H groups in total. The third kappa shape index (κ3) is 4.30. The molecule has 2 unspecified atom stereocenters. The van der Waals surface area contributed by atoms with E-state index in [4.69, 9.17) is 0 Å². The van der Waals surface area contributed by atoms with Crippen LogP contribution in [-0.4, -0.2) is 22.9 Å². The number of phenols is 1. The van der Waals surface area contributed by atoms with Gasteiger partial charge in [-0.25, -0.2) is 0 Å². The van der Waals surface area contributed by atoms with Gasteiger partial charge in [0.05, 0.1) is 10.6 Å². The number of hydrogen-bond donors (Lipinski definition) is 3. The molecule has 0 aliphatic heterocycles. The molecule has 1 aromatic carbocycles. The first-order valence-electron chi connectivity index (χ1n) is 5.91. The monoisotopic (exact) mass is 301 g/mol. The molecule has 0 saturated carbocycles. The molecule has 0 saturated heterocycles. The Balaban J connectivity index is 2.43. The number of hydrogen-bond acceptors (Lipinski definition) is 3. The minimum Gasteiger partial charge on any atom is -0.506 e. The van der Waals surface area contributed by atoms with Crippen LogP contribution in [0.4, 0.5) is 0 Å². The quantitative estimate of drug-likeness (QED) is 0.757. The van der Waals surface area contributed by atoms with E-state index in [9.17, 15) is 10.2 Å². The number of nitrogens with one attached hydrogen (secondary N) is 1. The zero-order valence-electron chi connectivity index (χ0n) is 10.3. The molecule has 0 radical (unpaired) electrons. The summed E-state index contributed by atoms with van der Waals surface area (Å²) in [4.78, 5) is 0. The highest BCUT2D eigenvalue weighted by Gasteiger charge is 2.12. The Bertz CT molecular complexity index is 357. The molecule has 17 heavy (non-hydrogen) atoms. The van der Waals surface area contributed by atoms with E-state index in [0.717, 1.165) is 12.0 Å². The summed E-state index contributed by atoms with van der Waals surface area (Å²) >= 11 is 3.27. The van der Waals surface area contributed by atoms with E-state index < -0.39 is 0 Å². The summed E-state index contributed by atoms with van der Waals surface area (Å²) in [6, 6.07) is 5.54. The predicted octanol–water partition coefficient (Wildman–Crippen LogP) is 2.65. The number of aliphatic hydroxyl groups excluding tert-OH is 1. The predicted molar refractivity (Wildman–Crippen MR) is 73.0 cm³/mol. The number of para-hydroxylation sites is 1. The van der Waals surface area contributed by atoms with Crippen LogP contribution in [-0.2, 0) is 6.54 Å². The van der Waals surface area contributed by atoms with Gasteiger partial charge in [0.1, 0.15) is 5.75 Å². The maximum atomic E-state index is 9.79. The van der Waals surface area contributed by atoms with Gasteiger partial charge in [-0.3, -0.25) is 0 Å². The van der Waals surface area contributed by atoms with Gasteiger partial charge >= 0.3 is 0 Å². The third-order valence-corrected chi connectivity index (χ3v) is 3.68. The maximum absolute atomic E-state index is 9.79. The van der Waals surface area contributed by atoms with Crippen LogP contribution in [0.15, 0.2) is 22.7 Å². The van der Waals surface area contributed by atoms with Crippen molar-refractivity contribution in [3.05, 3.63) is 28.2 Å². The standard InChI is InChI=1S/C13H20BrNO2/c1-3-9(2)12(16)8-15-7-10-5-4-6-11(14)13(10)17/h4-6,9,12,15-17H,3,7-8H2,1-2H3. The van der Waals surface area contributed by atoms with Crippen molar-refractivity contribution in [2.75, 3.05) is 6.54 Å². The van der Waals surface area contributed by atoms with Gasteiger partial charge in [0.25, 0.3) is 0 Å². The lowest BCUT2D eigenvalue weighted by atomic mass is 10.0. The van der Waals surface area contributed by atoms with E-state index in [1.165, 1.54) is 0 Å². The Kier molecular flexibility index (Phi) is 5.95. The van der Waals surface area contributed by atoms with E-state index in [1.807, 2.05) is 19.1 Å². The number of phenolic OH excluding ortho intramolecular Hbond substituents is 1. The van der Waals surface area contributed by atoms with Gasteiger partial charge in [-0.05, 0) is 27.9 Å². The Morgan fingerprint density at radius 1 is 1.41 bits per heavy atom. The summed E-state index contributed by atoms with van der Waals surface area (Å²) in [5.74, 6) is 0.552. The van der Waals surface area contributed by atoms with Gasteiger partial charge in [0.2, 0.25) is 0 Å². The minimum atomic E-state index is -0.339. The topological polar surface area (TPSA) is 52.5 Å². The van der Waals surface area contributed by atoms with Crippen LogP contribution in [0.5, 0.6) is 5.75 Å². The molecule has 0 heterocycles. The normalized spacial score (nSPS) is 14.6. The molecular weight excluding hydrogens is 282 g/mol. The Morgan fingerprint density at radius 2 is 2.12 bits per heavy atom. The smallest absolute Gasteiger partial charge is 0.134 e. The SMILES string of the molecule is CCC(C)C(O)CNCc1cccc(Br)c1O. The summed E-state index contributed by atoms with van der Waals surface area (Å²) in [6.07, 6.45) is 0.625. The summed E-state index contributed by atoms with van der Waals surface area (Å²) in [5, 5.41) is 22.7. The van der Waals surface area contributed by atoms with Crippen LogP contribution in [0.1, 0.15) is 25.8 Å². The molecule has 0 spiro atoms. The lowest BCUT2D eigenvalue weighted by molar-refractivity contribution is 0.112. The van der Waals surface area contributed by atoms with Crippen molar-refractivity contribution in [2.45, 2.75) is 32.9 Å². The molecule has 0 aliphatic rings. The second-order valence-corrected chi connectivity index (χ2v) is 5.19. The largest absolute Gasteiger partial charge is 0.506 e. The van der Waals surface area contributed by atoms with Crippen LogP contribution in [0.3, 0.4) is 0 Å². The molecule has 2 atom stereocenters. The molecular formula is C13H20BrNO2. The average Bonchev–Trinajstić information content (AvgIpc) is 2.33. The number of benzene rings is 1. The molecule has 0 aromatic heterocycles. The lowest BCUT2D eigenvalue weighted by Crippen LogP contribution is -2.31. The first kappa shape index (κ1) is 14.5. The molecule has 0 amide bonds. The van der Waals surface area contributed by atoms with Gasteiger partial charge in [0, 0.05) is 18.7 Å². The number of aliphatic hydroxyl groups is 1. The molecule has 0 bridgehead atoms. The minimum absolute atomic E-state index is 0.262. The second kappa shape index (κ2) is 6.99. The van der Waals surface area contributed by atoms with Gasteiger partial charge in [-0.2, -0.15) is 0 Å². The summed E-state index contributed by atoms with van der Waals surface area (Å²) < 4.78 is 0.694. The van der Waals surface area contributed by atoms with Crippen molar-refractivity contribution >= 4 is 15.9 Å². The van der Waals surface area contributed by atoms with Crippen molar-refractivity contribution in [1.82, 2.24) is 5.32 Å². The van der Waals surface area contributed by atoms with Crippen molar-refractivity contribution in [3.8, 4) is 5.75 Å². The van der Waals surface area contributed by atoms with E-state index in [2.05, 4.69) is 28.2 Å². The Hall–Kier alpha value is -0.580. The molecule has 0 aliphatic carbocycles. The van der Waals surface area contributed by atoms with Crippen LogP contribution in [0, 0.1) is 5.92 Å².